The molecule has 15 heavy (non-hydrogen) atoms. The number of rotatable bonds is 3. The molecule has 1 unspecified atom stereocenters. The van der Waals surface area contributed by atoms with Crippen LogP contribution < -0.4 is 0 Å². The van der Waals surface area contributed by atoms with Gasteiger partial charge in [-0.1, -0.05) is 28.1 Å². The molecule has 0 radical (unpaired) electrons. The van der Waals surface area contributed by atoms with Crippen LogP contribution in [-0.2, 0) is 9.84 Å². The zero-order chi connectivity index (χ0) is 11.5. The van der Waals surface area contributed by atoms with Crippen LogP contribution >= 0.6 is 15.9 Å². The first-order valence-electron chi connectivity index (χ1n) is 4.24. The average molecular weight is 288 g/mol. The van der Waals surface area contributed by atoms with Gasteiger partial charge in [-0.15, -0.1) is 0 Å². The van der Waals surface area contributed by atoms with Gasteiger partial charge in [0.15, 0.2) is 9.84 Å². The minimum absolute atomic E-state index is 0.237. The molecule has 1 atom stereocenters. The number of halogens is 1. The Bertz CT molecular complexity index is 473. The van der Waals surface area contributed by atoms with Crippen molar-refractivity contribution in [2.75, 3.05) is 11.6 Å². The lowest BCUT2D eigenvalue weighted by Gasteiger charge is -2.05. The van der Waals surface area contributed by atoms with E-state index >= 15 is 0 Å². The number of alkyl halides is 1. The van der Waals surface area contributed by atoms with Crippen LogP contribution in [0.4, 0.5) is 0 Å². The summed E-state index contributed by atoms with van der Waals surface area (Å²) in [5.41, 5.74) is 0.821. The second-order valence-electron chi connectivity index (χ2n) is 3.18. The van der Waals surface area contributed by atoms with Crippen molar-refractivity contribution in [1.29, 1.82) is 5.26 Å². The van der Waals surface area contributed by atoms with Gasteiger partial charge in [-0.3, -0.25) is 0 Å². The van der Waals surface area contributed by atoms with Gasteiger partial charge in [0.1, 0.15) is 0 Å². The predicted molar refractivity (Wildman–Crippen MR) is 61.7 cm³/mol. The van der Waals surface area contributed by atoms with Gasteiger partial charge in [0.25, 0.3) is 0 Å². The number of nitrogens with zero attached hydrogens (tertiary/aromatic N) is 1. The lowest BCUT2D eigenvalue weighted by atomic mass is 10.0. The van der Waals surface area contributed by atoms with Crippen molar-refractivity contribution in [3.05, 3.63) is 29.8 Å². The SMILES string of the molecule is CS(=O)(=O)c1ccc(C(C#N)CBr)cc1. The van der Waals surface area contributed by atoms with Gasteiger partial charge in [0.2, 0.25) is 0 Å². The largest absolute Gasteiger partial charge is 0.224 e. The summed E-state index contributed by atoms with van der Waals surface area (Å²) in [4.78, 5) is 0.275. The van der Waals surface area contributed by atoms with E-state index < -0.39 is 9.84 Å². The van der Waals surface area contributed by atoms with Crippen molar-refractivity contribution in [3.8, 4) is 6.07 Å². The van der Waals surface area contributed by atoms with Crippen LogP contribution in [0.3, 0.4) is 0 Å². The van der Waals surface area contributed by atoms with Gasteiger partial charge in [-0.25, -0.2) is 8.42 Å². The Morgan fingerprint density at radius 1 is 1.40 bits per heavy atom. The molecule has 0 aliphatic rings. The summed E-state index contributed by atoms with van der Waals surface area (Å²) in [6, 6.07) is 8.53. The minimum Gasteiger partial charge on any atom is -0.224 e. The van der Waals surface area contributed by atoms with Gasteiger partial charge in [-0.05, 0) is 17.7 Å². The molecule has 0 amide bonds. The standard InChI is InChI=1S/C10H10BrNO2S/c1-15(13,14)10-4-2-8(3-5-10)9(6-11)7-12/h2-5,9H,6H2,1H3. The highest BCUT2D eigenvalue weighted by Gasteiger charge is 2.11. The van der Waals surface area contributed by atoms with Gasteiger partial charge in [0, 0.05) is 11.6 Å². The normalized spacial score (nSPS) is 13.1. The molecule has 1 aromatic carbocycles. The van der Waals surface area contributed by atoms with E-state index in [4.69, 9.17) is 5.26 Å². The van der Waals surface area contributed by atoms with Gasteiger partial charge in [-0.2, -0.15) is 5.26 Å². The molecular weight excluding hydrogens is 278 g/mol. The van der Waals surface area contributed by atoms with E-state index in [0.717, 1.165) is 11.8 Å². The number of hydrogen-bond donors (Lipinski definition) is 0. The molecule has 0 fully saturated rings. The molecule has 80 valence electrons. The highest BCUT2D eigenvalue weighted by Crippen LogP contribution is 2.19. The van der Waals surface area contributed by atoms with Gasteiger partial charge >= 0.3 is 0 Å². The number of hydrogen-bond acceptors (Lipinski definition) is 3. The molecule has 0 spiro atoms. The molecule has 1 aromatic rings. The zero-order valence-electron chi connectivity index (χ0n) is 8.14. The van der Waals surface area contributed by atoms with E-state index in [0.29, 0.717) is 5.33 Å². The highest BCUT2D eigenvalue weighted by molar-refractivity contribution is 9.09. The van der Waals surface area contributed by atoms with Crippen molar-refractivity contribution >= 4 is 25.8 Å². The molecule has 0 aromatic heterocycles. The van der Waals surface area contributed by atoms with Crippen LogP contribution in [0.15, 0.2) is 29.2 Å². The number of benzene rings is 1. The Hall–Kier alpha value is -0.860. The lowest BCUT2D eigenvalue weighted by molar-refractivity contribution is 0.602. The Balaban J connectivity index is 3.06. The maximum atomic E-state index is 11.2. The maximum Gasteiger partial charge on any atom is 0.175 e. The monoisotopic (exact) mass is 287 g/mol. The summed E-state index contributed by atoms with van der Waals surface area (Å²) in [5, 5.41) is 9.35. The van der Waals surface area contributed by atoms with Crippen LogP contribution in [0.25, 0.3) is 0 Å². The van der Waals surface area contributed by atoms with Crippen LogP contribution in [0.5, 0.6) is 0 Å². The van der Waals surface area contributed by atoms with E-state index in [1.54, 1.807) is 12.1 Å². The first kappa shape index (κ1) is 12.2. The lowest BCUT2D eigenvalue weighted by Crippen LogP contribution is -2.00. The summed E-state index contributed by atoms with van der Waals surface area (Å²) in [6.07, 6.45) is 1.16. The Morgan fingerprint density at radius 2 is 1.93 bits per heavy atom. The molecule has 1 rings (SSSR count). The summed E-state index contributed by atoms with van der Waals surface area (Å²) in [6.45, 7) is 0. The van der Waals surface area contributed by atoms with E-state index in [1.807, 2.05) is 0 Å². The Morgan fingerprint density at radius 3 is 2.27 bits per heavy atom. The first-order chi connectivity index (χ1) is 6.99. The van der Waals surface area contributed by atoms with E-state index in [-0.39, 0.29) is 10.8 Å². The molecule has 0 bridgehead atoms. The van der Waals surface area contributed by atoms with Crippen LogP contribution in [-0.4, -0.2) is 20.0 Å². The Kier molecular flexibility index (Phi) is 3.89. The molecule has 5 heteroatoms. The molecular formula is C10H10BrNO2S. The quantitative estimate of drug-likeness (QED) is 0.800. The van der Waals surface area contributed by atoms with Gasteiger partial charge in [0.05, 0.1) is 16.9 Å². The molecule has 0 aliphatic carbocycles. The molecule has 0 saturated carbocycles. The predicted octanol–water partition coefficient (Wildman–Crippen LogP) is 2.09. The summed E-state index contributed by atoms with van der Waals surface area (Å²) >= 11 is 3.23. The third kappa shape index (κ3) is 3.05. The maximum absolute atomic E-state index is 11.2. The second kappa shape index (κ2) is 4.77. The van der Waals surface area contributed by atoms with Crippen LogP contribution in [0.1, 0.15) is 11.5 Å². The summed E-state index contributed by atoms with van der Waals surface area (Å²) < 4.78 is 22.4. The van der Waals surface area contributed by atoms with Crippen molar-refractivity contribution in [2.24, 2.45) is 0 Å². The fraction of sp³-hybridized carbons (Fsp3) is 0.300. The molecule has 3 nitrogen and oxygen atoms in total. The molecule has 0 heterocycles. The van der Waals surface area contributed by atoms with E-state index in [9.17, 15) is 8.42 Å². The number of sulfone groups is 1. The zero-order valence-corrected chi connectivity index (χ0v) is 10.5. The van der Waals surface area contributed by atoms with Crippen molar-refractivity contribution < 1.29 is 8.42 Å². The van der Waals surface area contributed by atoms with Crippen LogP contribution in [0, 0.1) is 11.3 Å². The highest BCUT2D eigenvalue weighted by atomic mass is 79.9. The average Bonchev–Trinajstić information content (AvgIpc) is 2.19. The van der Waals surface area contributed by atoms with Crippen molar-refractivity contribution in [1.82, 2.24) is 0 Å². The van der Waals surface area contributed by atoms with E-state index in [2.05, 4.69) is 22.0 Å². The van der Waals surface area contributed by atoms with E-state index in [1.165, 1.54) is 12.1 Å². The second-order valence-corrected chi connectivity index (χ2v) is 5.84. The van der Waals surface area contributed by atoms with Crippen molar-refractivity contribution in [3.63, 3.8) is 0 Å². The topological polar surface area (TPSA) is 57.9 Å². The van der Waals surface area contributed by atoms with Gasteiger partial charge < -0.3 is 0 Å². The Labute approximate surface area is 97.8 Å². The number of nitriles is 1. The molecule has 0 saturated heterocycles. The third-order valence-corrected chi connectivity index (χ3v) is 3.80. The third-order valence-electron chi connectivity index (χ3n) is 2.02. The molecule has 0 N–H and O–H groups in total. The first-order valence-corrected chi connectivity index (χ1v) is 7.26. The summed E-state index contributed by atoms with van der Waals surface area (Å²) in [5.74, 6) is -0.237. The fourth-order valence-corrected chi connectivity index (χ4v) is 2.29. The fourth-order valence-electron chi connectivity index (χ4n) is 1.15. The summed E-state index contributed by atoms with van der Waals surface area (Å²) in [7, 11) is -3.15. The van der Waals surface area contributed by atoms with Crippen LogP contribution in [0.2, 0.25) is 0 Å². The van der Waals surface area contributed by atoms with Crippen molar-refractivity contribution in [2.45, 2.75) is 10.8 Å². The molecule has 0 aliphatic heterocycles. The minimum atomic E-state index is -3.15. The smallest absolute Gasteiger partial charge is 0.175 e.